The number of hydrogen-bond acceptors (Lipinski definition) is 3. The lowest BCUT2D eigenvalue weighted by atomic mass is 9.86. The highest BCUT2D eigenvalue weighted by Crippen LogP contribution is 2.35. The molecule has 1 aliphatic carbocycles. The third kappa shape index (κ3) is 1.90. The van der Waals surface area contributed by atoms with Gasteiger partial charge in [0.25, 0.3) is 0 Å². The van der Waals surface area contributed by atoms with E-state index in [1.807, 2.05) is 6.07 Å². The minimum Gasteiger partial charge on any atom is -0.355 e. The number of aromatic nitrogens is 1. The minimum absolute atomic E-state index is 0.393. The molecule has 1 N–H and O–H groups in total. The van der Waals surface area contributed by atoms with Crippen LogP contribution in [-0.4, -0.2) is 4.98 Å². The molecule has 1 aromatic heterocycles. The van der Waals surface area contributed by atoms with Crippen LogP contribution in [0.25, 0.3) is 10.2 Å². The Morgan fingerprint density at radius 1 is 1.15 bits per heavy atom. The van der Waals surface area contributed by atoms with E-state index in [4.69, 9.17) is 0 Å². The van der Waals surface area contributed by atoms with E-state index in [1.54, 1.807) is 11.3 Å². The van der Waals surface area contributed by atoms with Gasteiger partial charge >= 0.3 is 0 Å². The lowest BCUT2D eigenvalue weighted by molar-refractivity contribution is 0.659. The van der Waals surface area contributed by atoms with Crippen molar-refractivity contribution in [1.82, 2.24) is 4.98 Å². The maximum Gasteiger partial charge on any atom is 0.184 e. The van der Waals surface area contributed by atoms with Crippen molar-refractivity contribution in [1.29, 1.82) is 0 Å². The second-order valence-corrected chi connectivity index (χ2v) is 6.38. The second kappa shape index (κ2) is 4.60. The molecule has 0 fully saturated rings. The van der Waals surface area contributed by atoms with E-state index in [0.29, 0.717) is 6.04 Å². The van der Waals surface area contributed by atoms with Crippen LogP contribution < -0.4 is 5.32 Å². The maximum absolute atomic E-state index is 4.68. The fourth-order valence-electron chi connectivity index (χ4n) is 3.04. The molecular formula is C17H16N2S. The Morgan fingerprint density at radius 3 is 2.95 bits per heavy atom. The maximum atomic E-state index is 4.68. The van der Waals surface area contributed by atoms with Crippen LogP contribution in [0.4, 0.5) is 5.13 Å². The molecule has 1 unspecified atom stereocenters. The zero-order valence-electron chi connectivity index (χ0n) is 11.4. The molecule has 2 bridgehead atoms. The topological polar surface area (TPSA) is 24.9 Å². The molecule has 2 aromatic carbocycles. The summed E-state index contributed by atoms with van der Waals surface area (Å²) in [6.45, 7) is 2.23. The first-order valence-electron chi connectivity index (χ1n) is 7.02. The molecule has 0 radical (unpaired) electrons. The van der Waals surface area contributed by atoms with E-state index in [-0.39, 0.29) is 0 Å². The van der Waals surface area contributed by atoms with Crippen LogP contribution in [0.15, 0.2) is 42.5 Å². The van der Waals surface area contributed by atoms with Crippen molar-refractivity contribution >= 4 is 26.7 Å². The van der Waals surface area contributed by atoms with Gasteiger partial charge in [0.05, 0.1) is 16.3 Å². The molecule has 1 aliphatic rings. The number of nitrogens with zero attached hydrogens (tertiary/aromatic N) is 1. The first-order valence-corrected chi connectivity index (χ1v) is 7.83. The number of para-hydroxylation sites is 1. The van der Waals surface area contributed by atoms with Gasteiger partial charge < -0.3 is 5.32 Å². The highest BCUT2D eigenvalue weighted by molar-refractivity contribution is 7.22. The molecule has 0 saturated heterocycles. The van der Waals surface area contributed by atoms with Crippen molar-refractivity contribution in [3.63, 3.8) is 0 Å². The number of benzene rings is 2. The SMILES string of the molecule is Cc1c2cccc1C(Nc1nc3ccccc3s1)CC2. The van der Waals surface area contributed by atoms with Gasteiger partial charge in [0, 0.05) is 0 Å². The summed E-state index contributed by atoms with van der Waals surface area (Å²) in [6, 6.07) is 15.4. The number of aryl methyl sites for hydroxylation is 1. The Balaban J connectivity index is 1.68. The van der Waals surface area contributed by atoms with Gasteiger partial charge in [0.1, 0.15) is 0 Å². The number of nitrogens with one attached hydrogen (secondary N) is 1. The average Bonchev–Trinajstić information content (AvgIpc) is 2.84. The van der Waals surface area contributed by atoms with Crippen molar-refractivity contribution in [3.8, 4) is 0 Å². The Kier molecular flexibility index (Phi) is 2.74. The van der Waals surface area contributed by atoms with E-state index in [9.17, 15) is 0 Å². The van der Waals surface area contributed by atoms with Crippen LogP contribution in [0, 0.1) is 6.92 Å². The van der Waals surface area contributed by atoms with Gasteiger partial charge in [-0.05, 0) is 48.6 Å². The van der Waals surface area contributed by atoms with E-state index < -0.39 is 0 Å². The van der Waals surface area contributed by atoms with E-state index in [1.165, 1.54) is 21.4 Å². The van der Waals surface area contributed by atoms with Crippen molar-refractivity contribution < 1.29 is 0 Å². The van der Waals surface area contributed by atoms with Crippen LogP contribution in [0.5, 0.6) is 0 Å². The lowest BCUT2D eigenvalue weighted by Crippen LogP contribution is -2.18. The predicted molar refractivity (Wildman–Crippen MR) is 85.5 cm³/mol. The summed E-state index contributed by atoms with van der Waals surface area (Å²) < 4.78 is 1.25. The van der Waals surface area contributed by atoms with Crippen LogP contribution >= 0.6 is 11.3 Å². The molecule has 0 saturated carbocycles. The summed E-state index contributed by atoms with van der Waals surface area (Å²) in [4.78, 5) is 4.68. The largest absolute Gasteiger partial charge is 0.355 e. The first-order chi connectivity index (χ1) is 9.81. The van der Waals surface area contributed by atoms with Crippen molar-refractivity contribution in [2.24, 2.45) is 0 Å². The third-order valence-electron chi connectivity index (χ3n) is 4.16. The van der Waals surface area contributed by atoms with Gasteiger partial charge in [-0.2, -0.15) is 0 Å². The Bertz CT molecular complexity index is 743. The molecule has 100 valence electrons. The Morgan fingerprint density at radius 2 is 2.05 bits per heavy atom. The summed E-state index contributed by atoms with van der Waals surface area (Å²) >= 11 is 1.74. The number of hydrogen-bond donors (Lipinski definition) is 1. The Labute approximate surface area is 122 Å². The molecule has 0 spiro atoms. The molecule has 3 aromatic rings. The number of anilines is 1. The van der Waals surface area contributed by atoms with Crippen LogP contribution in [0.1, 0.15) is 29.2 Å². The van der Waals surface area contributed by atoms with Crippen LogP contribution in [0.2, 0.25) is 0 Å². The number of fused-ring (bicyclic) bond motifs is 3. The molecule has 0 aliphatic heterocycles. The molecular weight excluding hydrogens is 264 g/mol. The van der Waals surface area contributed by atoms with Gasteiger partial charge in [0.15, 0.2) is 5.13 Å². The van der Waals surface area contributed by atoms with E-state index in [0.717, 1.165) is 23.5 Å². The van der Waals surface area contributed by atoms with Gasteiger partial charge in [-0.25, -0.2) is 4.98 Å². The normalized spacial score (nSPS) is 17.4. The quantitative estimate of drug-likeness (QED) is 0.735. The number of rotatable bonds is 2. The summed E-state index contributed by atoms with van der Waals surface area (Å²) in [5.74, 6) is 0. The molecule has 0 amide bonds. The smallest absolute Gasteiger partial charge is 0.184 e. The van der Waals surface area contributed by atoms with E-state index >= 15 is 0 Å². The minimum atomic E-state index is 0.393. The fourth-order valence-corrected chi connectivity index (χ4v) is 3.96. The standard InChI is InChI=1S/C17H16N2S/c1-11-12-5-4-6-13(11)14(10-9-12)18-17-19-15-7-2-3-8-16(15)20-17/h2-8,14H,9-10H2,1H3,(H,18,19). The summed E-state index contributed by atoms with van der Waals surface area (Å²) in [6.07, 6.45) is 2.31. The predicted octanol–water partition coefficient (Wildman–Crippen LogP) is 4.70. The highest BCUT2D eigenvalue weighted by atomic mass is 32.1. The van der Waals surface area contributed by atoms with Crippen molar-refractivity contribution in [2.75, 3.05) is 5.32 Å². The summed E-state index contributed by atoms with van der Waals surface area (Å²) in [7, 11) is 0. The second-order valence-electron chi connectivity index (χ2n) is 5.35. The summed E-state index contributed by atoms with van der Waals surface area (Å²) in [5, 5.41) is 4.66. The third-order valence-corrected chi connectivity index (χ3v) is 5.12. The molecule has 20 heavy (non-hydrogen) atoms. The summed E-state index contributed by atoms with van der Waals surface area (Å²) in [5.41, 5.74) is 5.44. The average molecular weight is 280 g/mol. The van der Waals surface area contributed by atoms with Crippen molar-refractivity contribution in [3.05, 3.63) is 59.2 Å². The zero-order chi connectivity index (χ0) is 13.5. The molecule has 1 atom stereocenters. The highest BCUT2D eigenvalue weighted by Gasteiger charge is 2.21. The van der Waals surface area contributed by atoms with Crippen LogP contribution in [-0.2, 0) is 6.42 Å². The number of thiazole rings is 1. The molecule has 3 heteroatoms. The van der Waals surface area contributed by atoms with Crippen molar-refractivity contribution in [2.45, 2.75) is 25.8 Å². The monoisotopic (exact) mass is 280 g/mol. The van der Waals surface area contributed by atoms with Gasteiger partial charge in [-0.3, -0.25) is 0 Å². The van der Waals surface area contributed by atoms with E-state index in [2.05, 4.69) is 53.6 Å². The molecule has 2 nitrogen and oxygen atoms in total. The van der Waals surface area contributed by atoms with Crippen LogP contribution in [0.3, 0.4) is 0 Å². The van der Waals surface area contributed by atoms with Gasteiger partial charge in [0.2, 0.25) is 0 Å². The first kappa shape index (κ1) is 11.9. The molecule has 1 heterocycles. The van der Waals surface area contributed by atoms with Gasteiger partial charge in [-0.1, -0.05) is 41.7 Å². The fraction of sp³-hybridized carbons (Fsp3) is 0.235. The van der Waals surface area contributed by atoms with Gasteiger partial charge in [-0.15, -0.1) is 0 Å². The lowest BCUT2D eigenvalue weighted by Gasteiger charge is -2.27. The molecule has 4 rings (SSSR count). The Hall–Kier alpha value is -1.87. The zero-order valence-corrected chi connectivity index (χ0v) is 12.2.